The Morgan fingerprint density at radius 1 is 1.15 bits per heavy atom. The van der Waals surface area contributed by atoms with E-state index in [0.29, 0.717) is 16.5 Å². The first-order valence-electron chi connectivity index (χ1n) is 10.7. The van der Waals surface area contributed by atoms with Crippen LogP contribution in [0.5, 0.6) is 0 Å². The zero-order valence-electron chi connectivity index (χ0n) is 18.0. The Morgan fingerprint density at radius 3 is 2.70 bits per heavy atom. The largest absolute Gasteiger partial charge is 0.449 e. The van der Waals surface area contributed by atoms with Crippen LogP contribution < -0.4 is 5.32 Å². The van der Waals surface area contributed by atoms with Gasteiger partial charge in [-0.15, -0.1) is 0 Å². The highest BCUT2D eigenvalue weighted by Crippen LogP contribution is 2.30. The number of non-ortho nitro benzene ring substituents is 1. The van der Waals surface area contributed by atoms with Gasteiger partial charge in [0.1, 0.15) is 0 Å². The summed E-state index contributed by atoms with van der Waals surface area (Å²) in [5.41, 5.74) is 2.80. The molecular formula is C24H22ClN3O5. The number of nitro benzene ring substituents is 1. The minimum Gasteiger partial charge on any atom is -0.449 e. The van der Waals surface area contributed by atoms with Gasteiger partial charge < -0.3 is 10.1 Å². The summed E-state index contributed by atoms with van der Waals surface area (Å²) in [6.45, 7) is 1.44. The van der Waals surface area contributed by atoms with E-state index in [2.05, 4.69) is 5.32 Å². The van der Waals surface area contributed by atoms with Crippen molar-refractivity contribution >= 4 is 45.8 Å². The molecule has 0 spiro atoms. The van der Waals surface area contributed by atoms with Crippen LogP contribution >= 0.6 is 11.6 Å². The number of amides is 1. The fourth-order valence-electron chi connectivity index (χ4n) is 4.01. The number of nitrogens with zero attached hydrogens (tertiary/aromatic N) is 2. The number of carbonyl (C=O) groups excluding carboxylic acids is 2. The molecule has 0 unspecified atom stereocenters. The quantitative estimate of drug-likeness (QED) is 0.237. The van der Waals surface area contributed by atoms with Crippen LogP contribution in [0.1, 0.15) is 47.8 Å². The zero-order valence-corrected chi connectivity index (χ0v) is 18.7. The average Bonchev–Trinajstić information content (AvgIpc) is 3.03. The van der Waals surface area contributed by atoms with E-state index in [-0.39, 0.29) is 16.4 Å². The Balaban J connectivity index is 1.60. The molecule has 0 radical (unpaired) electrons. The summed E-state index contributed by atoms with van der Waals surface area (Å²) in [5, 5.41) is 14.3. The lowest BCUT2D eigenvalue weighted by Gasteiger charge is -2.18. The minimum absolute atomic E-state index is 0.0713. The number of halogens is 1. The molecule has 33 heavy (non-hydrogen) atoms. The van der Waals surface area contributed by atoms with Crippen molar-refractivity contribution in [1.82, 2.24) is 4.98 Å². The van der Waals surface area contributed by atoms with E-state index in [1.54, 1.807) is 0 Å². The maximum Gasteiger partial charge on any atom is 0.339 e. The van der Waals surface area contributed by atoms with Gasteiger partial charge in [0, 0.05) is 23.2 Å². The second kappa shape index (κ2) is 9.54. The smallest absolute Gasteiger partial charge is 0.339 e. The van der Waals surface area contributed by atoms with E-state index in [1.165, 1.54) is 19.1 Å². The third kappa shape index (κ3) is 4.80. The molecule has 0 fully saturated rings. The van der Waals surface area contributed by atoms with Crippen molar-refractivity contribution in [3.05, 3.63) is 74.4 Å². The average molecular weight is 468 g/mol. The van der Waals surface area contributed by atoms with Crippen LogP contribution in [0, 0.1) is 10.1 Å². The van der Waals surface area contributed by atoms with Crippen LogP contribution in [-0.2, 0) is 22.4 Å². The minimum atomic E-state index is -1.15. The number of nitro groups is 1. The van der Waals surface area contributed by atoms with Gasteiger partial charge in [-0.05, 0) is 50.3 Å². The number of para-hydroxylation sites is 1. The van der Waals surface area contributed by atoms with Gasteiger partial charge in [0.25, 0.3) is 11.6 Å². The number of hydrogen-bond acceptors (Lipinski definition) is 6. The van der Waals surface area contributed by atoms with Crippen molar-refractivity contribution in [3.63, 3.8) is 0 Å². The molecule has 170 valence electrons. The molecule has 1 atom stereocenters. The van der Waals surface area contributed by atoms with Crippen LogP contribution in [0.3, 0.4) is 0 Å². The standard InChI is InChI=1S/C24H22ClN3O5/c1-14(23(29)27-21-13-15(28(31)32)11-12-18(21)25)33-24(30)22-16-7-3-2-4-9-19(16)26-20-10-6-5-8-17(20)22/h5-6,8,10-14H,2-4,7,9H2,1H3,(H,27,29)/t14-/m0/s1. The van der Waals surface area contributed by atoms with Crippen LogP contribution in [0.4, 0.5) is 11.4 Å². The number of benzene rings is 2. The van der Waals surface area contributed by atoms with Gasteiger partial charge in [-0.25, -0.2) is 4.79 Å². The van der Waals surface area contributed by atoms with Crippen molar-refractivity contribution < 1.29 is 19.2 Å². The van der Waals surface area contributed by atoms with Crippen molar-refractivity contribution in [2.45, 2.75) is 45.1 Å². The first kappa shape index (κ1) is 22.7. The fourth-order valence-corrected chi connectivity index (χ4v) is 4.18. The number of ether oxygens (including phenoxy) is 1. The van der Waals surface area contributed by atoms with Crippen molar-refractivity contribution in [1.29, 1.82) is 0 Å². The summed E-state index contributed by atoms with van der Waals surface area (Å²) in [6.07, 6.45) is 3.39. The number of pyridine rings is 1. The predicted molar refractivity (Wildman–Crippen MR) is 125 cm³/mol. The summed E-state index contributed by atoms with van der Waals surface area (Å²) in [6, 6.07) is 11.1. The molecule has 0 saturated carbocycles. The van der Waals surface area contributed by atoms with E-state index in [1.807, 2.05) is 24.3 Å². The van der Waals surface area contributed by atoms with Crippen LogP contribution in [0.25, 0.3) is 10.9 Å². The van der Waals surface area contributed by atoms with Gasteiger partial charge in [-0.2, -0.15) is 0 Å². The van der Waals surface area contributed by atoms with Gasteiger partial charge in [0.2, 0.25) is 0 Å². The molecule has 0 bridgehead atoms. The van der Waals surface area contributed by atoms with Gasteiger partial charge in [0.15, 0.2) is 6.10 Å². The molecule has 1 aliphatic rings. The Labute approximate surface area is 195 Å². The van der Waals surface area contributed by atoms with E-state index < -0.39 is 22.9 Å². The van der Waals surface area contributed by atoms with E-state index in [4.69, 9.17) is 21.3 Å². The van der Waals surface area contributed by atoms with Gasteiger partial charge in [-0.3, -0.25) is 19.9 Å². The van der Waals surface area contributed by atoms with Crippen molar-refractivity contribution in [2.75, 3.05) is 5.32 Å². The number of rotatable bonds is 5. The maximum atomic E-state index is 13.3. The highest BCUT2D eigenvalue weighted by atomic mass is 35.5. The predicted octanol–water partition coefficient (Wildman–Crippen LogP) is 5.25. The topological polar surface area (TPSA) is 111 Å². The lowest BCUT2D eigenvalue weighted by Crippen LogP contribution is -2.30. The molecule has 1 N–H and O–H groups in total. The summed E-state index contributed by atoms with van der Waals surface area (Å²) >= 11 is 6.06. The van der Waals surface area contributed by atoms with Crippen molar-refractivity contribution in [3.8, 4) is 0 Å². The second-order valence-corrected chi connectivity index (χ2v) is 8.36. The number of aromatic nitrogens is 1. The second-order valence-electron chi connectivity index (χ2n) is 7.95. The van der Waals surface area contributed by atoms with E-state index in [0.717, 1.165) is 49.4 Å². The van der Waals surface area contributed by atoms with Gasteiger partial charge in [-0.1, -0.05) is 36.2 Å². The highest BCUT2D eigenvalue weighted by Gasteiger charge is 2.26. The zero-order chi connectivity index (χ0) is 23.5. The Kier molecular flexibility index (Phi) is 6.55. The molecular weight excluding hydrogens is 446 g/mol. The molecule has 1 heterocycles. The summed E-state index contributed by atoms with van der Waals surface area (Å²) in [5.74, 6) is -1.24. The summed E-state index contributed by atoms with van der Waals surface area (Å²) in [4.78, 5) is 41.2. The third-order valence-corrected chi connectivity index (χ3v) is 6.02. The molecule has 0 saturated heterocycles. The first-order valence-corrected chi connectivity index (χ1v) is 11.1. The number of hydrogen-bond donors (Lipinski definition) is 1. The SMILES string of the molecule is C[C@H](OC(=O)c1c2c(nc3ccccc13)CCCCC2)C(=O)Nc1cc([N+](=O)[O-])ccc1Cl. The Bertz CT molecular complexity index is 1260. The Hall–Kier alpha value is -3.52. The highest BCUT2D eigenvalue weighted by molar-refractivity contribution is 6.33. The normalized spacial score (nSPS) is 14.1. The molecule has 4 rings (SSSR count). The molecule has 1 aromatic heterocycles. The molecule has 9 heteroatoms. The van der Waals surface area contributed by atoms with Crippen LogP contribution in [0.2, 0.25) is 5.02 Å². The number of aryl methyl sites for hydroxylation is 1. The monoisotopic (exact) mass is 467 g/mol. The molecule has 2 aromatic carbocycles. The Morgan fingerprint density at radius 2 is 1.91 bits per heavy atom. The molecule has 1 amide bonds. The van der Waals surface area contributed by atoms with Crippen LogP contribution in [0.15, 0.2) is 42.5 Å². The fraction of sp³-hybridized carbons (Fsp3) is 0.292. The third-order valence-electron chi connectivity index (χ3n) is 5.70. The molecule has 0 aliphatic heterocycles. The first-order chi connectivity index (χ1) is 15.8. The maximum absolute atomic E-state index is 13.3. The number of nitrogens with one attached hydrogen (secondary N) is 1. The van der Waals surface area contributed by atoms with Gasteiger partial charge in [0.05, 0.1) is 26.7 Å². The lowest BCUT2D eigenvalue weighted by molar-refractivity contribution is -0.384. The van der Waals surface area contributed by atoms with E-state index >= 15 is 0 Å². The van der Waals surface area contributed by atoms with E-state index in [9.17, 15) is 19.7 Å². The van der Waals surface area contributed by atoms with Crippen molar-refractivity contribution in [2.24, 2.45) is 0 Å². The number of fused-ring (bicyclic) bond motifs is 2. The molecule has 1 aliphatic carbocycles. The summed E-state index contributed by atoms with van der Waals surface area (Å²) in [7, 11) is 0. The molecule has 3 aromatic rings. The molecule has 8 nitrogen and oxygen atoms in total. The summed E-state index contributed by atoms with van der Waals surface area (Å²) < 4.78 is 5.55. The number of carbonyl (C=O) groups is 2. The van der Waals surface area contributed by atoms with Crippen LogP contribution in [-0.4, -0.2) is 27.9 Å². The lowest BCUT2D eigenvalue weighted by atomic mass is 9.97. The number of esters is 1. The number of anilines is 1. The van der Waals surface area contributed by atoms with Gasteiger partial charge >= 0.3 is 5.97 Å².